The van der Waals surface area contributed by atoms with Gasteiger partial charge in [-0.15, -0.1) is 0 Å². The van der Waals surface area contributed by atoms with E-state index in [-0.39, 0.29) is 44.0 Å². The van der Waals surface area contributed by atoms with E-state index in [0.717, 1.165) is 154 Å². The highest BCUT2D eigenvalue weighted by Crippen LogP contribution is 2.13. The fourth-order valence-electron chi connectivity index (χ4n) is 8.02. The van der Waals surface area contributed by atoms with Gasteiger partial charge in [-0.25, -0.2) is 0 Å². The van der Waals surface area contributed by atoms with Gasteiger partial charge < -0.3 is 14.2 Å². The first-order valence-corrected chi connectivity index (χ1v) is 31.6. The highest BCUT2D eigenvalue weighted by Gasteiger charge is 2.19. The van der Waals surface area contributed by atoms with Crippen molar-refractivity contribution >= 4 is 17.9 Å². The molecule has 0 bridgehead atoms. The molecule has 0 aromatic carbocycles. The molecule has 0 fully saturated rings. The van der Waals surface area contributed by atoms with Crippen LogP contribution in [0.25, 0.3) is 0 Å². The molecule has 6 nitrogen and oxygen atoms in total. The molecule has 1 unspecified atom stereocenters. The van der Waals surface area contributed by atoms with Crippen molar-refractivity contribution in [1.29, 1.82) is 0 Å². The first-order valence-electron chi connectivity index (χ1n) is 31.6. The van der Waals surface area contributed by atoms with Gasteiger partial charge in [0.2, 0.25) is 0 Å². The third kappa shape index (κ3) is 63.5. The smallest absolute Gasteiger partial charge is 0.306 e. The quantitative estimate of drug-likeness (QED) is 0.0261. The van der Waals surface area contributed by atoms with Crippen LogP contribution in [-0.2, 0) is 28.6 Å². The van der Waals surface area contributed by atoms with Crippen molar-refractivity contribution < 1.29 is 28.6 Å². The summed E-state index contributed by atoms with van der Waals surface area (Å²) in [4.78, 5) is 38.3. The molecule has 0 aromatic heterocycles. The number of hydrogen-bond donors (Lipinski definition) is 0. The van der Waals surface area contributed by atoms with Gasteiger partial charge >= 0.3 is 17.9 Å². The summed E-state index contributed by atoms with van der Waals surface area (Å²) >= 11 is 0. The molecule has 0 heterocycles. The zero-order valence-electron chi connectivity index (χ0n) is 50.6. The summed E-state index contributed by atoms with van der Waals surface area (Å²) in [6.45, 7) is 6.31. The normalized spacial score (nSPS) is 13.3. The lowest BCUT2D eigenvalue weighted by Crippen LogP contribution is -2.30. The number of rotatable bonds is 55. The fraction of sp³-hybridized carbons (Fsp3) is 0.575. The van der Waals surface area contributed by atoms with E-state index in [1.807, 2.05) is 0 Å². The van der Waals surface area contributed by atoms with E-state index in [9.17, 15) is 14.4 Å². The van der Waals surface area contributed by atoms with Crippen molar-refractivity contribution in [3.8, 4) is 0 Å². The van der Waals surface area contributed by atoms with E-state index in [2.05, 4.69) is 191 Å². The number of carbonyl (C=O) groups is 3. The Balaban J connectivity index is 4.57. The van der Waals surface area contributed by atoms with Crippen molar-refractivity contribution in [2.75, 3.05) is 13.2 Å². The van der Waals surface area contributed by atoms with Crippen molar-refractivity contribution in [1.82, 2.24) is 0 Å². The van der Waals surface area contributed by atoms with Crippen LogP contribution >= 0.6 is 0 Å². The zero-order valence-corrected chi connectivity index (χ0v) is 50.6. The predicted molar refractivity (Wildman–Crippen MR) is 343 cm³/mol. The molecular formula is C73H114O6. The third-order valence-electron chi connectivity index (χ3n) is 12.7. The average molecular weight is 1090 g/mol. The van der Waals surface area contributed by atoms with E-state index in [1.54, 1.807) is 0 Å². The van der Waals surface area contributed by atoms with Crippen LogP contribution in [0.15, 0.2) is 170 Å². The van der Waals surface area contributed by atoms with Gasteiger partial charge in [-0.3, -0.25) is 14.4 Å². The number of ether oxygens (including phenoxy) is 3. The summed E-state index contributed by atoms with van der Waals surface area (Å²) in [6, 6.07) is 0. The summed E-state index contributed by atoms with van der Waals surface area (Å²) in [7, 11) is 0. The molecule has 0 N–H and O–H groups in total. The first kappa shape index (κ1) is 73.8. The maximum Gasteiger partial charge on any atom is 0.306 e. The zero-order chi connectivity index (χ0) is 57.1. The second-order valence-corrected chi connectivity index (χ2v) is 20.2. The highest BCUT2D eigenvalue weighted by atomic mass is 16.6. The van der Waals surface area contributed by atoms with Gasteiger partial charge in [-0.2, -0.15) is 0 Å². The summed E-state index contributed by atoms with van der Waals surface area (Å²) in [6.07, 6.45) is 96.4. The maximum absolute atomic E-state index is 12.9. The predicted octanol–water partition coefficient (Wildman–Crippen LogP) is 21.9. The number of carbonyl (C=O) groups excluding carboxylic acids is 3. The van der Waals surface area contributed by atoms with E-state index in [4.69, 9.17) is 14.2 Å². The molecule has 0 aliphatic heterocycles. The molecule has 6 heteroatoms. The standard InChI is InChI=1S/C73H114O6/c1-4-7-10-13-16-19-22-25-28-31-33-35-36-38-39-42-45-48-51-54-57-60-63-66-72(75)78-69-70(68-77-71(74)65-62-59-56-53-50-47-44-41-30-27-24-21-18-15-12-9-6-3)79-73(76)67-64-61-58-55-52-49-46-43-40-37-34-32-29-26-23-20-17-14-11-8-5-2/h7,9-10,12,16,18-19,21,23,25-28,30,32-35,38-40,43-45,47-48,53,56,70H,4-6,8,11,13-15,17,20,22,24,29,31,36-37,41-42,46,49-52,54-55,57-69H2,1-3H3/b10-7-,12-9-,19-16-,21-18-,26-23-,28-25-,30-27-,34-32-,35-33-,39-38-,43-40-,47-44-,48-45-,56-53-. The molecule has 1 atom stereocenters. The van der Waals surface area contributed by atoms with Crippen LogP contribution in [0.4, 0.5) is 0 Å². The number of allylic oxidation sites excluding steroid dienone is 28. The highest BCUT2D eigenvalue weighted by molar-refractivity contribution is 5.71. The maximum atomic E-state index is 12.9. The Morgan fingerprint density at radius 1 is 0.266 bits per heavy atom. The van der Waals surface area contributed by atoms with Crippen LogP contribution in [-0.4, -0.2) is 37.2 Å². The Bertz CT molecular complexity index is 1820. The van der Waals surface area contributed by atoms with Crippen LogP contribution in [0.1, 0.15) is 252 Å². The number of unbranched alkanes of at least 4 members (excludes halogenated alkanes) is 16. The van der Waals surface area contributed by atoms with Gasteiger partial charge in [0.15, 0.2) is 6.10 Å². The largest absolute Gasteiger partial charge is 0.462 e. The van der Waals surface area contributed by atoms with Gasteiger partial charge in [0.05, 0.1) is 0 Å². The van der Waals surface area contributed by atoms with Crippen LogP contribution in [0.2, 0.25) is 0 Å². The second-order valence-electron chi connectivity index (χ2n) is 20.2. The Morgan fingerprint density at radius 3 is 0.823 bits per heavy atom. The Morgan fingerprint density at radius 2 is 0.506 bits per heavy atom. The number of hydrogen-bond acceptors (Lipinski definition) is 6. The van der Waals surface area contributed by atoms with Crippen LogP contribution in [0.3, 0.4) is 0 Å². The molecule has 442 valence electrons. The lowest BCUT2D eigenvalue weighted by atomic mass is 10.1. The van der Waals surface area contributed by atoms with Crippen LogP contribution < -0.4 is 0 Å². The third-order valence-corrected chi connectivity index (χ3v) is 12.7. The van der Waals surface area contributed by atoms with Crippen molar-refractivity contribution in [2.24, 2.45) is 0 Å². The summed E-state index contributed by atoms with van der Waals surface area (Å²) in [5, 5.41) is 0. The second kappa shape index (κ2) is 65.3. The van der Waals surface area contributed by atoms with E-state index >= 15 is 0 Å². The SMILES string of the molecule is CC/C=C\C/C=C\C/C=C\C/C=C\C/C=C\C/C=C\CCCCCCC(=O)OCC(COC(=O)CCC/C=C\C/C=C\C/C=C\C/C=C\C/C=C\CC)OC(=O)CCCCCCCC/C=C\C/C=C\C/C=C\CCCCCCC. The minimum atomic E-state index is -0.831. The van der Waals surface area contributed by atoms with Gasteiger partial charge in [0.25, 0.3) is 0 Å². The molecule has 0 rings (SSSR count). The molecule has 0 amide bonds. The lowest BCUT2D eigenvalue weighted by molar-refractivity contribution is -0.167. The minimum Gasteiger partial charge on any atom is -0.462 e. The van der Waals surface area contributed by atoms with Crippen molar-refractivity contribution in [3.05, 3.63) is 170 Å². The molecule has 0 aliphatic carbocycles. The molecule has 0 aromatic rings. The monoisotopic (exact) mass is 1090 g/mol. The molecule has 0 aliphatic rings. The molecule has 0 radical (unpaired) electrons. The molecule has 0 spiro atoms. The van der Waals surface area contributed by atoms with E-state index < -0.39 is 6.10 Å². The van der Waals surface area contributed by atoms with E-state index in [0.29, 0.717) is 12.8 Å². The average Bonchev–Trinajstić information content (AvgIpc) is 3.45. The van der Waals surface area contributed by atoms with Crippen molar-refractivity contribution in [3.63, 3.8) is 0 Å². The molecular weight excluding hydrogens is 973 g/mol. The molecule has 0 saturated carbocycles. The summed E-state index contributed by atoms with van der Waals surface area (Å²) in [5.41, 5.74) is 0. The van der Waals surface area contributed by atoms with Gasteiger partial charge in [-0.05, 0) is 148 Å². The van der Waals surface area contributed by atoms with Gasteiger partial charge in [0, 0.05) is 19.3 Å². The Labute approximate surface area is 485 Å². The number of esters is 3. The van der Waals surface area contributed by atoms with Crippen LogP contribution in [0.5, 0.6) is 0 Å². The van der Waals surface area contributed by atoms with Gasteiger partial charge in [-0.1, -0.05) is 255 Å². The molecule has 0 saturated heterocycles. The van der Waals surface area contributed by atoms with Crippen LogP contribution in [0, 0.1) is 0 Å². The Kier molecular flexibility index (Phi) is 61.0. The Hall–Kier alpha value is -5.23. The van der Waals surface area contributed by atoms with E-state index in [1.165, 1.54) is 51.4 Å². The lowest BCUT2D eigenvalue weighted by Gasteiger charge is -2.18. The van der Waals surface area contributed by atoms with Crippen molar-refractivity contribution in [2.45, 2.75) is 258 Å². The minimum absolute atomic E-state index is 0.123. The topological polar surface area (TPSA) is 78.9 Å². The summed E-state index contributed by atoms with van der Waals surface area (Å²) < 4.78 is 16.8. The summed E-state index contributed by atoms with van der Waals surface area (Å²) in [5.74, 6) is -1.02. The first-order chi connectivity index (χ1) is 39.0. The fourth-order valence-corrected chi connectivity index (χ4v) is 8.02. The molecule has 79 heavy (non-hydrogen) atoms. The van der Waals surface area contributed by atoms with Gasteiger partial charge in [0.1, 0.15) is 13.2 Å².